The summed E-state index contributed by atoms with van der Waals surface area (Å²) in [5, 5.41) is 25.5. The van der Waals surface area contributed by atoms with Gasteiger partial charge in [0.1, 0.15) is 11.8 Å². The van der Waals surface area contributed by atoms with Gasteiger partial charge in [0.25, 0.3) is 11.2 Å². The summed E-state index contributed by atoms with van der Waals surface area (Å²) in [7, 11) is 1.54. The smallest absolute Gasteiger partial charge is 0.276 e. The lowest BCUT2D eigenvalue weighted by Gasteiger charge is -2.13. The minimum absolute atomic E-state index is 0.0419. The molecule has 0 amide bonds. The number of hydrazone groups is 1. The molecule has 9 nitrogen and oxygen atoms in total. The Kier molecular flexibility index (Phi) is 4.72. The summed E-state index contributed by atoms with van der Waals surface area (Å²) >= 11 is 0. The van der Waals surface area contributed by atoms with Gasteiger partial charge < -0.3 is 15.5 Å². The Labute approximate surface area is 147 Å². The van der Waals surface area contributed by atoms with E-state index in [1.165, 1.54) is 25.2 Å². The number of aromatic nitrogens is 2. The number of fused-ring (bicyclic) bond motifs is 1. The number of aromatic amines is 1. The Morgan fingerprint density at radius 3 is 2.69 bits per heavy atom. The molecule has 0 aliphatic heterocycles. The second kappa shape index (κ2) is 7.11. The van der Waals surface area contributed by atoms with Gasteiger partial charge in [0.15, 0.2) is 5.69 Å². The highest BCUT2D eigenvalue weighted by Crippen LogP contribution is 2.20. The number of benzene rings is 2. The fourth-order valence-electron chi connectivity index (χ4n) is 2.52. The van der Waals surface area contributed by atoms with Gasteiger partial charge in [0.05, 0.1) is 16.0 Å². The number of hydrogen-bond acceptors (Lipinski definition) is 7. The van der Waals surface area contributed by atoms with Crippen LogP contribution in [-0.2, 0) is 0 Å². The molecule has 1 heterocycles. The lowest BCUT2D eigenvalue weighted by molar-refractivity contribution is -0.384. The number of nitrogens with one attached hydrogen (secondary N) is 2. The van der Waals surface area contributed by atoms with E-state index in [-0.39, 0.29) is 22.6 Å². The summed E-state index contributed by atoms with van der Waals surface area (Å²) in [4.78, 5) is 29.6. The number of aliphatic hydroxyl groups is 1. The SMILES string of the molecule is CN/N=C(\c1nc2ccc([N+](=O)[O-])cc2[nH]c1=O)[C@@H](O)c1ccccc1. The van der Waals surface area contributed by atoms with Crippen molar-refractivity contribution in [3.63, 3.8) is 0 Å². The maximum Gasteiger partial charge on any atom is 0.276 e. The molecule has 0 aliphatic rings. The molecular weight excluding hydrogens is 338 g/mol. The molecule has 1 atom stereocenters. The van der Waals surface area contributed by atoms with Crippen molar-refractivity contribution in [1.82, 2.24) is 15.4 Å². The third kappa shape index (κ3) is 3.28. The fourth-order valence-corrected chi connectivity index (χ4v) is 2.52. The van der Waals surface area contributed by atoms with Crippen molar-refractivity contribution in [3.05, 3.63) is 80.3 Å². The van der Waals surface area contributed by atoms with Crippen molar-refractivity contribution in [2.45, 2.75) is 6.10 Å². The van der Waals surface area contributed by atoms with Crippen LogP contribution >= 0.6 is 0 Å². The maximum atomic E-state index is 12.5. The van der Waals surface area contributed by atoms with Gasteiger partial charge in [-0.05, 0) is 11.6 Å². The van der Waals surface area contributed by atoms with Gasteiger partial charge in [-0.25, -0.2) is 4.98 Å². The Bertz CT molecular complexity index is 1050. The maximum absolute atomic E-state index is 12.5. The van der Waals surface area contributed by atoms with Gasteiger partial charge in [0.2, 0.25) is 0 Å². The Morgan fingerprint density at radius 1 is 1.31 bits per heavy atom. The predicted molar refractivity (Wildman–Crippen MR) is 96.0 cm³/mol. The summed E-state index contributed by atoms with van der Waals surface area (Å²) in [6.07, 6.45) is -1.17. The summed E-state index contributed by atoms with van der Waals surface area (Å²) in [6.45, 7) is 0. The average Bonchev–Trinajstić information content (AvgIpc) is 2.65. The van der Waals surface area contributed by atoms with Crippen molar-refractivity contribution >= 4 is 22.4 Å². The van der Waals surface area contributed by atoms with Gasteiger partial charge in [-0.15, -0.1) is 0 Å². The Hall–Kier alpha value is -3.59. The van der Waals surface area contributed by atoms with E-state index in [1.807, 2.05) is 0 Å². The summed E-state index contributed by atoms with van der Waals surface area (Å²) in [5.74, 6) is 0. The van der Waals surface area contributed by atoms with E-state index in [0.717, 1.165) is 0 Å². The molecule has 3 rings (SSSR count). The summed E-state index contributed by atoms with van der Waals surface area (Å²) in [5.41, 5.74) is 2.88. The molecule has 0 saturated heterocycles. The number of non-ortho nitro benzene ring substituents is 1. The number of H-pyrrole nitrogens is 1. The molecule has 1 aromatic heterocycles. The largest absolute Gasteiger partial charge is 0.382 e. The molecule has 0 bridgehead atoms. The van der Waals surface area contributed by atoms with Gasteiger partial charge >= 0.3 is 0 Å². The number of nitrogens with zero attached hydrogens (tertiary/aromatic N) is 3. The number of nitro groups is 1. The van der Waals surface area contributed by atoms with Gasteiger partial charge in [-0.1, -0.05) is 30.3 Å². The predicted octanol–water partition coefficient (Wildman–Crippen LogP) is 1.49. The minimum Gasteiger partial charge on any atom is -0.382 e. The zero-order valence-corrected chi connectivity index (χ0v) is 13.7. The standard InChI is InChI=1S/C17H15N5O4/c1-18-21-14(16(23)10-5-3-2-4-6-10)15-17(24)20-13-9-11(22(25)26)7-8-12(13)19-15/h2-9,16,18,23H,1H3,(H,20,24)/b21-14+/t16-/m0/s1. The summed E-state index contributed by atoms with van der Waals surface area (Å²) < 4.78 is 0. The molecule has 0 spiro atoms. The second-order valence-electron chi connectivity index (χ2n) is 5.41. The molecule has 0 saturated carbocycles. The van der Waals surface area contributed by atoms with Crippen LogP contribution in [-0.4, -0.2) is 32.8 Å². The normalized spacial score (nSPS) is 12.8. The number of nitro benzene ring substituents is 1. The van der Waals surface area contributed by atoms with Gasteiger partial charge in [-0.3, -0.25) is 14.9 Å². The molecule has 9 heteroatoms. The molecule has 132 valence electrons. The molecule has 3 N–H and O–H groups in total. The number of aliphatic hydroxyl groups excluding tert-OH is 1. The quantitative estimate of drug-likeness (QED) is 0.361. The molecule has 0 fully saturated rings. The van der Waals surface area contributed by atoms with Crippen LogP contribution in [0.4, 0.5) is 5.69 Å². The lowest BCUT2D eigenvalue weighted by Crippen LogP contribution is -2.27. The van der Waals surface area contributed by atoms with Crippen molar-refractivity contribution in [1.29, 1.82) is 0 Å². The van der Waals surface area contributed by atoms with Crippen LogP contribution in [0.3, 0.4) is 0 Å². The molecule has 0 radical (unpaired) electrons. The van der Waals surface area contributed by atoms with Crippen LogP contribution in [0.25, 0.3) is 11.0 Å². The molecule has 0 unspecified atom stereocenters. The number of rotatable bonds is 5. The van der Waals surface area contributed by atoms with Crippen molar-refractivity contribution in [2.24, 2.45) is 5.10 Å². The van der Waals surface area contributed by atoms with E-state index in [4.69, 9.17) is 0 Å². The molecule has 2 aromatic carbocycles. The first-order valence-corrected chi connectivity index (χ1v) is 7.67. The average molecular weight is 353 g/mol. The van der Waals surface area contributed by atoms with E-state index >= 15 is 0 Å². The highest BCUT2D eigenvalue weighted by Gasteiger charge is 2.22. The number of hydrogen-bond donors (Lipinski definition) is 3. The van der Waals surface area contributed by atoms with Crippen LogP contribution in [0.5, 0.6) is 0 Å². The third-order valence-electron chi connectivity index (χ3n) is 3.74. The topological polar surface area (TPSA) is 134 Å². The first kappa shape index (κ1) is 17.2. The third-order valence-corrected chi connectivity index (χ3v) is 3.74. The van der Waals surface area contributed by atoms with Crippen LogP contribution < -0.4 is 11.0 Å². The lowest BCUT2D eigenvalue weighted by atomic mass is 10.0. The molecule has 26 heavy (non-hydrogen) atoms. The molecular formula is C17H15N5O4. The first-order chi connectivity index (χ1) is 12.5. The zero-order chi connectivity index (χ0) is 18.7. The second-order valence-corrected chi connectivity index (χ2v) is 5.41. The summed E-state index contributed by atoms with van der Waals surface area (Å²) in [6, 6.07) is 12.7. The van der Waals surface area contributed by atoms with Crippen molar-refractivity contribution < 1.29 is 10.0 Å². The van der Waals surface area contributed by atoms with Gasteiger partial charge in [0, 0.05) is 19.2 Å². The van der Waals surface area contributed by atoms with Crippen molar-refractivity contribution in [2.75, 3.05) is 7.05 Å². The Morgan fingerprint density at radius 2 is 2.04 bits per heavy atom. The highest BCUT2D eigenvalue weighted by atomic mass is 16.6. The van der Waals surface area contributed by atoms with Gasteiger partial charge in [-0.2, -0.15) is 5.10 Å². The molecule has 3 aromatic rings. The van der Waals surface area contributed by atoms with E-state index in [9.17, 15) is 20.0 Å². The molecule has 0 aliphatic carbocycles. The van der Waals surface area contributed by atoms with E-state index in [2.05, 4.69) is 20.5 Å². The van der Waals surface area contributed by atoms with E-state index in [0.29, 0.717) is 11.1 Å². The van der Waals surface area contributed by atoms with Crippen LogP contribution in [0, 0.1) is 10.1 Å². The monoisotopic (exact) mass is 353 g/mol. The fraction of sp³-hybridized carbons (Fsp3) is 0.118. The van der Waals surface area contributed by atoms with Crippen LogP contribution in [0.15, 0.2) is 58.4 Å². The van der Waals surface area contributed by atoms with E-state index < -0.39 is 16.6 Å². The minimum atomic E-state index is -1.17. The van der Waals surface area contributed by atoms with Crippen LogP contribution in [0.2, 0.25) is 0 Å². The Balaban J connectivity index is 2.13. The highest BCUT2D eigenvalue weighted by molar-refractivity contribution is 6.03. The van der Waals surface area contributed by atoms with E-state index in [1.54, 1.807) is 30.3 Å². The van der Waals surface area contributed by atoms with Crippen molar-refractivity contribution in [3.8, 4) is 0 Å². The zero-order valence-electron chi connectivity index (χ0n) is 13.7. The van der Waals surface area contributed by atoms with Crippen LogP contribution in [0.1, 0.15) is 17.4 Å². The first-order valence-electron chi connectivity index (χ1n) is 7.67.